The van der Waals surface area contributed by atoms with Gasteiger partial charge < -0.3 is 5.32 Å². The highest BCUT2D eigenvalue weighted by molar-refractivity contribution is 6.31. The molecule has 5 rings (SSSR count). The second-order valence-corrected chi connectivity index (χ2v) is 9.12. The second-order valence-electron chi connectivity index (χ2n) is 8.69. The van der Waals surface area contributed by atoms with Crippen molar-refractivity contribution < 1.29 is 4.79 Å². The first-order valence-corrected chi connectivity index (χ1v) is 11.7. The van der Waals surface area contributed by atoms with E-state index < -0.39 is 0 Å². The second kappa shape index (κ2) is 8.87. The van der Waals surface area contributed by atoms with Gasteiger partial charge in [0.2, 0.25) is 0 Å². The minimum atomic E-state index is -0.281. The molecule has 5 heteroatoms. The Morgan fingerprint density at radius 3 is 2.33 bits per heavy atom. The maximum absolute atomic E-state index is 13.8. The Bertz CT molecular complexity index is 1230. The predicted octanol–water partition coefficient (Wildman–Crippen LogP) is 5.90. The Balaban J connectivity index is 1.70. The Morgan fingerprint density at radius 2 is 1.67 bits per heavy atom. The van der Waals surface area contributed by atoms with Gasteiger partial charge in [-0.25, -0.2) is 0 Å². The first-order valence-electron chi connectivity index (χ1n) is 11.3. The van der Waals surface area contributed by atoms with Crippen molar-refractivity contribution in [1.29, 1.82) is 0 Å². The summed E-state index contributed by atoms with van der Waals surface area (Å²) in [6, 6.07) is 25.9. The van der Waals surface area contributed by atoms with E-state index in [1.807, 2.05) is 59.5 Å². The summed E-state index contributed by atoms with van der Waals surface area (Å²) < 4.78 is 0. The molecule has 2 aliphatic rings. The van der Waals surface area contributed by atoms with Gasteiger partial charge in [0.05, 0.1) is 18.3 Å². The van der Waals surface area contributed by atoms with Crippen LogP contribution in [0.5, 0.6) is 0 Å². The topological polar surface area (TPSA) is 44.7 Å². The van der Waals surface area contributed by atoms with Gasteiger partial charge in [0, 0.05) is 28.4 Å². The third-order valence-electron chi connectivity index (χ3n) is 6.24. The van der Waals surface area contributed by atoms with Crippen LogP contribution in [0.4, 0.5) is 5.69 Å². The molecule has 2 heterocycles. The number of nitrogens with zero attached hydrogens (tertiary/aromatic N) is 2. The van der Waals surface area contributed by atoms with Crippen molar-refractivity contribution in [1.82, 2.24) is 5.32 Å². The quantitative estimate of drug-likeness (QED) is 0.532. The number of hydrogen-bond acceptors (Lipinski definition) is 3. The summed E-state index contributed by atoms with van der Waals surface area (Å²) in [7, 11) is 0. The largest absolute Gasteiger partial charge is 0.378 e. The van der Waals surface area contributed by atoms with E-state index in [-0.39, 0.29) is 11.9 Å². The lowest BCUT2D eigenvalue weighted by atomic mass is 9.90. The van der Waals surface area contributed by atoms with Crippen molar-refractivity contribution >= 4 is 28.9 Å². The molecule has 1 N–H and O–H groups in total. The van der Waals surface area contributed by atoms with Crippen molar-refractivity contribution in [3.8, 4) is 0 Å². The molecule has 0 spiro atoms. The number of hydrogen-bond donors (Lipinski definition) is 1. The fourth-order valence-electron chi connectivity index (χ4n) is 4.56. The van der Waals surface area contributed by atoms with E-state index >= 15 is 0 Å². The maximum atomic E-state index is 13.8. The molecule has 3 aromatic carbocycles. The number of para-hydroxylation sites is 1. The van der Waals surface area contributed by atoms with Gasteiger partial charge in [-0.15, -0.1) is 0 Å². The summed E-state index contributed by atoms with van der Waals surface area (Å²) in [6.07, 6.45) is 0. The average Bonchev–Trinajstić information content (AvgIpc) is 2.97. The molecule has 0 bridgehead atoms. The molecule has 0 fully saturated rings. The fraction of sp³-hybridized carbons (Fsp3) is 0.214. The zero-order valence-corrected chi connectivity index (χ0v) is 19.5. The highest BCUT2D eigenvalue weighted by Gasteiger charge is 2.43. The average molecular weight is 456 g/mol. The van der Waals surface area contributed by atoms with Crippen LogP contribution in [0.15, 0.2) is 95.1 Å². The fourth-order valence-corrected chi connectivity index (χ4v) is 4.69. The summed E-state index contributed by atoms with van der Waals surface area (Å²) >= 11 is 6.16. The van der Waals surface area contributed by atoms with Crippen LogP contribution < -0.4 is 10.2 Å². The normalized spacial score (nSPS) is 18.2. The number of carbonyl (C=O) groups excluding carboxylic acids is 1. The van der Waals surface area contributed by atoms with Gasteiger partial charge >= 0.3 is 0 Å². The smallest absolute Gasteiger partial charge is 0.275 e. The molecule has 2 aliphatic heterocycles. The van der Waals surface area contributed by atoms with Crippen LogP contribution in [0.2, 0.25) is 5.02 Å². The summed E-state index contributed by atoms with van der Waals surface area (Å²) in [6.45, 7) is 5.59. The van der Waals surface area contributed by atoms with E-state index in [1.165, 1.54) is 5.56 Å². The van der Waals surface area contributed by atoms with Crippen LogP contribution in [0, 0.1) is 0 Å². The molecule has 0 unspecified atom stereocenters. The lowest BCUT2D eigenvalue weighted by molar-refractivity contribution is -0.115. The van der Waals surface area contributed by atoms with Gasteiger partial charge in [0.25, 0.3) is 5.91 Å². The van der Waals surface area contributed by atoms with Crippen LogP contribution >= 0.6 is 11.6 Å². The van der Waals surface area contributed by atoms with Crippen LogP contribution in [0.25, 0.3) is 0 Å². The van der Waals surface area contributed by atoms with Crippen LogP contribution in [0.1, 0.15) is 42.5 Å². The maximum Gasteiger partial charge on any atom is 0.275 e. The number of anilines is 1. The molecule has 33 heavy (non-hydrogen) atoms. The number of aliphatic imine (C=N–C) groups is 1. The zero-order chi connectivity index (χ0) is 22.9. The lowest BCUT2D eigenvalue weighted by Crippen LogP contribution is -2.33. The summed E-state index contributed by atoms with van der Waals surface area (Å²) in [4.78, 5) is 20.6. The van der Waals surface area contributed by atoms with Crippen molar-refractivity contribution in [3.63, 3.8) is 0 Å². The minimum absolute atomic E-state index is 0.0299. The molecule has 3 aromatic rings. The molecule has 0 saturated carbocycles. The van der Waals surface area contributed by atoms with Gasteiger partial charge in [-0.05, 0) is 41.3 Å². The number of halogens is 1. The van der Waals surface area contributed by atoms with Crippen LogP contribution in [0.3, 0.4) is 0 Å². The Labute approximate surface area is 199 Å². The first-order chi connectivity index (χ1) is 16.0. The number of amides is 1. The predicted molar refractivity (Wildman–Crippen MR) is 135 cm³/mol. The van der Waals surface area contributed by atoms with Crippen molar-refractivity contribution in [2.24, 2.45) is 4.99 Å². The van der Waals surface area contributed by atoms with Crippen molar-refractivity contribution in [2.45, 2.75) is 25.8 Å². The van der Waals surface area contributed by atoms with E-state index in [9.17, 15) is 4.79 Å². The summed E-state index contributed by atoms with van der Waals surface area (Å²) in [5.41, 5.74) is 6.55. The first kappa shape index (κ1) is 21.5. The van der Waals surface area contributed by atoms with E-state index in [1.54, 1.807) is 0 Å². The third kappa shape index (κ3) is 3.96. The minimum Gasteiger partial charge on any atom is -0.378 e. The van der Waals surface area contributed by atoms with E-state index in [2.05, 4.69) is 43.4 Å². The zero-order valence-electron chi connectivity index (χ0n) is 18.8. The van der Waals surface area contributed by atoms with Crippen molar-refractivity contribution in [3.05, 3.63) is 112 Å². The molecule has 4 nitrogen and oxygen atoms in total. The Hall–Kier alpha value is -3.37. The van der Waals surface area contributed by atoms with Gasteiger partial charge in [-0.1, -0.05) is 80.0 Å². The summed E-state index contributed by atoms with van der Waals surface area (Å²) in [5.74, 6) is 0.410. The SMILES string of the molecule is CC(C)c1ccc([C@H]2C3=C(NCCN=C3c3ccc(Cl)cc3)C(=O)N2c2ccccc2)cc1. The molecular weight excluding hydrogens is 430 g/mol. The summed E-state index contributed by atoms with van der Waals surface area (Å²) in [5, 5.41) is 4.06. The van der Waals surface area contributed by atoms with Crippen LogP contribution in [-0.2, 0) is 4.79 Å². The molecule has 1 atom stereocenters. The lowest BCUT2D eigenvalue weighted by Gasteiger charge is -2.28. The number of carbonyl (C=O) groups is 1. The van der Waals surface area contributed by atoms with E-state index in [0.29, 0.717) is 29.7 Å². The number of rotatable bonds is 4. The Morgan fingerprint density at radius 1 is 0.970 bits per heavy atom. The van der Waals surface area contributed by atoms with E-state index in [0.717, 1.165) is 28.1 Å². The monoisotopic (exact) mass is 455 g/mol. The van der Waals surface area contributed by atoms with Gasteiger partial charge in [0.15, 0.2) is 0 Å². The van der Waals surface area contributed by atoms with E-state index in [4.69, 9.17) is 16.6 Å². The van der Waals surface area contributed by atoms with Gasteiger partial charge in [-0.2, -0.15) is 0 Å². The third-order valence-corrected chi connectivity index (χ3v) is 6.50. The molecule has 166 valence electrons. The molecule has 0 radical (unpaired) electrons. The van der Waals surface area contributed by atoms with Gasteiger partial charge in [-0.3, -0.25) is 14.7 Å². The molecule has 0 saturated heterocycles. The number of benzene rings is 3. The molecule has 1 amide bonds. The Kier molecular flexibility index (Phi) is 5.77. The molecular formula is C28H26ClN3O. The molecule has 0 aromatic heterocycles. The standard InChI is InChI=1S/C28H26ClN3O/c1-18(2)19-8-10-21(11-9-19)27-24-25(20-12-14-22(29)15-13-20)30-16-17-31-26(24)28(33)32(27)23-6-4-3-5-7-23/h3-15,18,27,31H,16-17H2,1-2H3/t27-/m0/s1. The number of nitrogens with one attached hydrogen (secondary N) is 1. The highest BCUT2D eigenvalue weighted by atomic mass is 35.5. The van der Waals surface area contributed by atoms with Crippen molar-refractivity contribution in [2.75, 3.05) is 18.0 Å². The van der Waals surface area contributed by atoms with Gasteiger partial charge in [0.1, 0.15) is 5.70 Å². The van der Waals surface area contributed by atoms with Crippen LogP contribution in [-0.4, -0.2) is 24.7 Å². The molecule has 0 aliphatic carbocycles. The highest BCUT2D eigenvalue weighted by Crippen LogP contribution is 2.42.